The molecular formula is C32H45NO9. The van der Waals surface area contributed by atoms with Crippen molar-refractivity contribution in [3.63, 3.8) is 0 Å². The molecule has 4 bridgehead atoms. The molecule has 7 rings (SSSR count). The minimum atomic E-state index is -2.31. The molecule has 0 aromatic rings. The number of carbonyl (C=O) groups is 4. The number of alkyl carbamates (subject to hydrolysis) is 1. The highest BCUT2D eigenvalue weighted by atomic mass is 16.6. The van der Waals surface area contributed by atoms with Gasteiger partial charge in [0, 0.05) is 24.3 Å². The maximum Gasteiger partial charge on any atom is 0.407 e. The van der Waals surface area contributed by atoms with Crippen molar-refractivity contribution in [3.8, 4) is 0 Å². The molecule has 42 heavy (non-hydrogen) atoms. The van der Waals surface area contributed by atoms with Crippen LogP contribution in [-0.2, 0) is 28.6 Å². The summed E-state index contributed by atoms with van der Waals surface area (Å²) in [5.41, 5.74) is -3.78. The van der Waals surface area contributed by atoms with Gasteiger partial charge in [-0.05, 0) is 82.6 Å². The van der Waals surface area contributed by atoms with Gasteiger partial charge < -0.3 is 29.7 Å². The van der Waals surface area contributed by atoms with Gasteiger partial charge in [0.05, 0.1) is 17.9 Å². The molecule has 2 heterocycles. The van der Waals surface area contributed by atoms with Crippen molar-refractivity contribution in [3.05, 3.63) is 12.2 Å². The number of aliphatic hydroxyl groups is 2. The Hall–Kier alpha value is -2.30. The van der Waals surface area contributed by atoms with Crippen LogP contribution in [0.1, 0.15) is 86.0 Å². The van der Waals surface area contributed by atoms with Gasteiger partial charge in [-0.3, -0.25) is 14.4 Å². The number of esters is 1. The Labute approximate surface area is 246 Å². The Morgan fingerprint density at radius 3 is 2.38 bits per heavy atom. The van der Waals surface area contributed by atoms with Gasteiger partial charge in [-0.25, -0.2) is 4.79 Å². The third kappa shape index (κ3) is 3.79. The van der Waals surface area contributed by atoms with Crippen LogP contribution in [0.4, 0.5) is 4.79 Å². The van der Waals surface area contributed by atoms with Gasteiger partial charge in [-0.1, -0.05) is 20.4 Å². The van der Waals surface area contributed by atoms with Gasteiger partial charge in [0.2, 0.25) is 5.79 Å². The van der Waals surface area contributed by atoms with Crippen molar-refractivity contribution in [2.45, 2.75) is 116 Å². The van der Waals surface area contributed by atoms with E-state index in [4.69, 9.17) is 14.2 Å². The number of fused-ring (bicyclic) bond motifs is 2. The average molecular weight is 588 g/mol. The van der Waals surface area contributed by atoms with Crippen LogP contribution in [0.25, 0.3) is 0 Å². The summed E-state index contributed by atoms with van der Waals surface area (Å²) in [7, 11) is 0. The van der Waals surface area contributed by atoms with E-state index in [1.165, 1.54) is 0 Å². The summed E-state index contributed by atoms with van der Waals surface area (Å²) < 4.78 is 17.6. The van der Waals surface area contributed by atoms with Crippen molar-refractivity contribution in [2.75, 3.05) is 6.61 Å². The number of hydrogen-bond donors (Lipinski definition) is 3. The topological polar surface area (TPSA) is 148 Å². The van der Waals surface area contributed by atoms with Crippen LogP contribution in [0.5, 0.6) is 0 Å². The van der Waals surface area contributed by atoms with E-state index in [0.717, 1.165) is 0 Å². The van der Waals surface area contributed by atoms with Crippen molar-refractivity contribution in [1.82, 2.24) is 5.32 Å². The summed E-state index contributed by atoms with van der Waals surface area (Å²) >= 11 is 0. The third-order valence-electron chi connectivity index (χ3n) is 11.6. The molecule has 1 amide bonds. The fourth-order valence-corrected chi connectivity index (χ4v) is 9.93. The number of ether oxygens (including phenoxy) is 3. The Morgan fingerprint density at radius 1 is 1.07 bits per heavy atom. The third-order valence-corrected chi connectivity index (χ3v) is 11.6. The molecule has 2 spiro atoms. The van der Waals surface area contributed by atoms with E-state index in [1.807, 2.05) is 13.8 Å². The number of aliphatic hydroxyl groups excluding tert-OH is 1. The first-order valence-corrected chi connectivity index (χ1v) is 15.5. The lowest BCUT2D eigenvalue weighted by atomic mass is 9.36. The highest BCUT2D eigenvalue weighted by Gasteiger charge is 2.88. The van der Waals surface area contributed by atoms with Crippen LogP contribution in [0.2, 0.25) is 0 Å². The number of amides is 1. The number of rotatable bonds is 3. The van der Waals surface area contributed by atoms with Crippen LogP contribution >= 0.6 is 0 Å². The normalized spacial score (nSPS) is 45.6. The van der Waals surface area contributed by atoms with E-state index in [9.17, 15) is 29.4 Å². The fraction of sp³-hybridized carbons (Fsp3) is 0.812. The predicted molar refractivity (Wildman–Crippen MR) is 149 cm³/mol. The summed E-state index contributed by atoms with van der Waals surface area (Å²) in [6.07, 6.45) is 0.826. The summed E-state index contributed by atoms with van der Waals surface area (Å²) in [6.45, 7) is 13.4. The lowest BCUT2D eigenvalue weighted by Gasteiger charge is -2.73. The molecule has 7 fully saturated rings. The van der Waals surface area contributed by atoms with Crippen LogP contribution < -0.4 is 5.32 Å². The lowest BCUT2D eigenvalue weighted by Crippen LogP contribution is -2.85. The molecule has 2 aliphatic heterocycles. The molecule has 3 N–H and O–H groups in total. The quantitative estimate of drug-likeness (QED) is 0.334. The molecule has 10 nitrogen and oxygen atoms in total. The molecule has 5 saturated carbocycles. The van der Waals surface area contributed by atoms with E-state index in [2.05, 4.69) is 11.9 Å². The van der Waals surface area contributed by atoms with Crippen molar-refractivity contribution < 1.29 is 43.6 Å². The molecule has 8 atom stereocenters. The number of ketones is 2. The maximum atomic E-state index is 14.2. The van der Waals surface area contributed by atoms with Gasteiger partial charge in [0.25, 0.3) is 0 Å². The highest BCUT2D eigenvalue weighted by Crippen LogP contribution is 2.76. The highest BCUT2D eigenvalue weighted by molar-refractivity contribution is 6.06. The molecule has 0 unspecified atom stereocenters. The second-order valence-electron chi connectivity index (χ2n) is 15.4. The van der Waals surface area contributed by atoms with Gasteiger partial charge in [-0.2, -0.15) is 0 Å². The number of hydrogen-bond acceptors (Lipinski definition) is 9. The molecular weight excluding hydrogens is 542 g/mol. The first-order valence-electron chi connectivity index (χ1n) is 15.5. The second-order valence-corrected chi connectivity index (χ2v) is 15.4. The van der Waals surface area contributed by atoms with Crippen molar-refractivity contribution in [1.29, 1.82) is 0 Å². The van der Waals surface area contributed by atoms with E-state index in [0.29, 0.717) is 51.4 Å². The van der Waals surface area contributed by atoms with Crippen molar-refractivity contribution >= 4 is 23.6 Å². The zero-order valence-corrected chi connectivity index (χ0v) is 25.4. The van der Waals surface area contributed by atoms with Crippen LogP contribution in [0.3, 0.4) is 0 Å². The number of Topliss-reactive ketones (excluding diaryl/α,β-unsaturated/α-hetero) is 2. The van der Waals surface area contributed by atoms with E-state index in [1.54, 1.807) is 20.8 Å². The average Bonchev–Trinajstić information content (AvgIpc) is 3.01. The molecule has 0 aromatic heterocycles. The summed E-state index contributed by atoms with van der Waals surface area (Å²) in [5, 5.41) is 27.0. The molecule has 0 aromatic carbocycles. The van der Waals surface area contributed by atoms with Gasteiger partial charge in [-0.15, -0.1) is 0 Å². The predicted octanol–water partition coefficient (Wildman–Crippen LogP) is 3.22. The van der Waals surface area contributed by atoms with E-state index >= 15 is 0 Å². The number of carbonyl (C=O) groups excluding carboxylic acids is 4. The Kier molecular flexibility index (Phi) is 6.62. The van der Waals surface area contributed by atoms with E-state index in [-0.39, 0.29) is 24.0 Å². The smallest absolute Gasteiger partial charge is 0.407 e. The molecule has 0 radical (unpaired) electrons. The second kappa shape index (κ2) is 9.35. The lowest BCUT2D eigenvalue weighted by molar-refractivity contribution is -0.437. The van der Waals surface area contributed by atoms with Gasteiger partial charge >= 0.3 is 12.1 Å². The molecule has 232 valence electrons. The largest absolute Gasteiger partial charge is 0.460 e. The minimum Gasteiger partial charge on any atom is -0.460 e. The molecule has 7 aliphatic rings. The summed E-state index contributed by atoms with van der Waals surface area (Å²) in [5.74, 6) is -5.52. The molecule has 2 saturated heterocycles. The zero-order chi connectivity index (χ0) is 30.6. The minimum absolute atomic E-state index is 0.0540. The first kappa shape index (κ1) is 29.8. The molecule has 10 heteroatoms. The van der Waals surface area contributed by atoms with Crippen LogP contribution in [-0.4, -0.2) is 70.1 Å². The SMILES string of the molecule is C=C1C(=O)[C@]23[C@H](OC(=O)C4CCC(NC(=O)OC(C)(C)C)CC4)[C@H]1CC[C@H]2[C@@]12CO[C@@]3(O)[C@@H](O)[C@@H]1C(C)(C)CCC2=O. The number of nitrogens with one attached hydrogen (secondary N) is 1. The molecule has 5 aliphatic carbocycles. The summed E-state index contributed by atoms with van der Waals surface area (Å²) in [6, 6.07) is -0.130. The fourth-order valence-electron chi connectivity index (χ4n) is 9.93. The summed E-state index contributed by atoms with van der Waals surface area (Å²) in [4.78, 5) is 54.0. The van der Waals surface area contributed by atoms with Gasteiger partial charge in [0.1, 0.15) is 29.0 Å². The Morgan fingerprint density at radius 2 is 1.74 bits per heavy atom. The maximum absolute atomic E-state index is 14.2. The van der Waals surface area contributed by atoms with Crippen LogP contribution in [0.15, 0.2) is 12.2 Å². The standard InChI is InChI=1S/C32H45NO9/c1-16-19-11-12-20-30-15-40-32(39,24(36)22(30)29(5,6)14-13-21(30)34)31(20,23(16)35)25(19)41-26(37)17-7-9-18(10-8-17)33-27(38)42-28(2,3)4/h17-20,22,24-25,36,39H,1,7-15H2,2-6H3,(H,33,38)/t17?,18?,19-,20-,22+,24-,25+,30+,31-,32-/m0/s1. The van der Waals surface area contributed by atoms with Crippen molar-refractivity contribution in [2.24, 2.45) is 39.9 Å². The van der Waals surface area contributed by atoms with E-state index < -0.39 is 81.4 Å². The van der Waals surface area contributed by atoms with Crippen LogP contribution in [0, 0.1) is 39.9 Å². The Balaban J connectivity index is 1.27. The zero-order valence-electron chi connectivity index (χ0n) is 25.4. The first-order chi connectivity index (χ1) is 19.5. The van der Waals surface area contributed by atoms with Gasteiger partial charge in [0.15, 0.2) is 5.78 Å². The Bertz CT molecular complexity index is 1230. The monoisotopic (exact) mass is 587 g/mol.